The minimum absolute atomic E-state index is 0.346. The highest BCUT2D eigenvalue weighted by Gasteiger charge is 2.67. The van der Waals surface area contributed by atoms with Crippen LogP contribution in [0.25, 0.3) is 0 Å². The normalized spacial score (nSPS) is 22.8. The van der Waals surface area contributed by atoms with Gasteiger partial charge in [-0.15, -0.1) is 0 Å². The van der Waals surface area contributed by atoms with Crippen LogP contribution in [0, 0.1) is 0 Å². The van der Waals surface area contributed by atoms with Crippen LogP contribution in [-0.4, -0.2) is 28.3 Å². The highest BCUT2D eigenvalue weighted by molar-refractivity contribution is 8.16. The van der Waals surface area contributed by atoms with Gasteiger partial charge in [-0.2, -0.15) is 31.3 Å². The summed E-state index contributed by atoms with van der Waals surface area (Å²) in [6.07, 6.45) is -10.2. The summed E-state index contributed by atoms with van der Waals surface area (Å²) in [5.41, 5.74) is -1.43. The van der Waals surface area contributed by atoms with E-state index < -0.39 is 51.8 Å². The summed E-state index contributed by atoms with van der Waals surface area (Å²) in [5, 5.41) is -1.97. The van der Waals surface area contributed by atoms with E-state index in [1.54, 1.807) is 0 Å². The number of carbonyl (C=O) groups excluding carboxylic acids is 2. The Morgan fingerprint density at radius 2 is 1.84 bits per heavy atom. The van der Waals surface area contributed by atoms with Crippen molar-refractivity contribution in [2.24, 2.45) is 4.99 Å². The molecular formula is C12H6F7N3O2S. The Labute approximate surface area is 138 Å². The lowest BCUT2D eigenvalue weighted by molar-refractivity contribution is -0.195. The van der Waals surface area contributed by atoms with Crippen LogP contribution in [0.4, 0.5) is 41.2 Å². The van der Waals surface area contributed by atoms with Gasteiger partial charge in [0.05, 0.1) is 5.56 Å². The summed E-state index contributed by atoms with van der Waals surface area (Å²) in [5.74, 6) is -2.06. The largest absolute Gasteiger partial charge is 0.442 e. The molecule has 1 aliphatic rings. The van der Waals surface area contributed by atoms with Crippen molar-refractivity contribution in [3.8, 4) is 0 Å². The maximum absolute atomic E-state index is 13.6. The Morgan fingerprint density at radius 3 is 2.36 bits per heavy atom. The fourth-order valence-electron chi connectivity index (χ4n) is 1.64. The number of benzene rings is 1. The van der Waals surface area contributed by atoms with Crippen LogP contribution in [0.1, 0.15) is 5.56 Å². The fourth-order valence-corrected chi connectivity index (χ4v) is 2.44. The molecule has 0 spiro atoms. The first kappa shape index (κ1) is 19.0. The number of halogens is 7. The third kappa shape index (κ3) is 4.03. The topological polar surface area (TPSA) is 70.6 Å². The average molecular weight is 389 g/mol. The van der Waals surface area contributed by atoms with Gasteiger partial charge in [-0.3, -0.25) is 4.79 Å². The van der Waals surface area contributed by atoms with E-state index in [1.807, 2.05) is 5.32 Å². The van der Waals surface area contributed by atoms with Gasteiger partial charge in [0.15, 0.2) is 5.17 Å². The Bertz CT molecular complexity index is 747. The lowest BCUT2D eigenvalue weighted by atomic mass is 10.2. The van der Waals surface area contributed by atoms with Crippen molar-refractivity contribution in [2.45, 2.75) is 17.4 Å². The second-order valence-electron chi connectivity index (χ2n) is 4.57. The van der Waals surface area contributed by atoms with Crippen LogP contribution in [0.2, 0.25) is 0 Å². The SMILES string of the molecule is O=C(/N=C1\NC(=O)C(F)(C(F)(F)F)S1)Nc1cccc(C(F)(F)F)c1. The van der Waals surface area contributed by atoms with Gasteiger partial charge >= 0.3 is 23.4 Å². The summed E-state index contributed by atoms with van der Waals surface area (Å²) in [6, 6.07) is 1.95. The lowest BCUT2D eigenvalue weighted by Crippen LogP contribution is -2.45. The molecular weight excluding hydrogens is 383 g/mol. The standard InChI is InChI=1S/C12H6F7N3O2S/c13-10(12(17,18)19)7(23)21-9(25-10)22-8(24)20-6-3-1-2-5(4-6)11(14,15)16/h1-4H,(H2,20,21,22,23,24). The van der Waals surface area contributed by atoms with Crippen LogP contribution in [0.3, 0.4) is 0 Å². The summed E-state index contributed by atoms with van der Waals surface area (Å²) < 4.78 is 88.7. The van der Waals surface area contributed by atoms with Gasteiger partial charge in [0.1, 0.15) is 0 Å². The molecule has 0 aliphatic carbocycles. The monoisotopic (exact) mass is 389 g/mol. The first-order valence-corrected chi connectivity index (χ1v) is 6.97. The van der Waals surface area contributed by atoms with E-state index >= 15 is 0 Å². The quantitative estimate of drug-likeness (QED) is 0.720. The number of nitrogens with zero attached hydrogens (tertiary/aromatic N) is 1. The number of amides is 3. The fraction of sp³-hybridized carbons (Fsp3) is 0.250. The van der Waals surface area contributed by atoms with Crippen molar-refractivity contribution < 1.29 is 40.3 Å². The van der Waals surface area contributed by atoms with Gasteiger partial charge in [0, 0.05) is 5.69 Å². The van der Waals surface area contributed by atoms with Gasteiger partial charge in [-0.05, 0) is 30.0 Å². The van der Waals surface area contributed by atoms with E-state index in [2.05, 4.69) is 4.99 Å². The zero-order chi connectivity index (χ0) is 19.0. The molecule has 2 N–H and O–H groups in total. The zero-order valence-corrected chi connectivity index (χ0v) is 12.4. The summed E-state index contributed by atoms with van der Waals surface area (Å²) in [4.78, 5) is 25.6. The van der Waals surface area contributed by atoms with Crippen molar-refractivity contribution >= 4 is 34.6 Å². The first-order valence-electron chi connectivity index (χ1n) is 6.16. The second-order valence-corrected chi connectivity index (χ2v) is 5.73. The predicted molar refractivity (Wildman–Crippen MR) is 73.5 cm³/mol. The van der Waals surface area contributed by atoms with E-state index in [9.17, 15) is 40.3 Å². The Hall–Kier alpha value is -2.31. The zero-order valence-electron chi connectivity index (χ0n) is 11.6. The van der Waals surface area contributed by atoms with Crippen molar-refractivity contribution in [3.63, 3.8) is 0 Å². The minimum Gasteiger partial charge on any atom is -0.306 e. The number of hydrogen-bond donors (Lipinski definition) is 2. The molecule has 1 unspecified atom stereocenters. The molecule has 0 bridgehead atoms. The van der Waals surface area contributed by atoms with E-state index in [0.717, 1.165) is 18.2 Å². The number of anilines is 1. The molecule has 136 valence electrons. The molecule has 0 saturated carbocycles. The smallest absolute Gasteiger partial charge is 0.306 e. The molecule has 1 fully saturated rings. The number of nitrogens with one attached hydrogen (secondary N) is 2. The van der Waals surface area contributed by atoms with E-state index in [4.69, 9.17) is 0 Å². The van der Waals surface area contributed by atoms with Crippen molar-refractivity contribution in [2.75, 3.05) is 5.32 Å². The number of urea groups is 1. The van der Waals surface area contributed by atoms with Crippen LogP contribution >= 0.6 is 11.8 Å². The molecule has 0 aromatic heterocycles. The molecule has 1 aromatic rings. The van der Waals surface area contributed by atoms with E-state index in [1.165, 1.54) is 5.32 Å². The summed E-state index contributed by atoms with van der Waals surface area (Å²) in [7, 11) is 0. The number of aliphatic imine (C=N–C) groups is 1. The summed E-state index contributed by atoms with van der Waals surface area (Å²) >= 11 is -0.669. The van der Waals surface area contributed by atoms with Crippen LogP contribution in [0.5, 0.6) is 0 Å². The minimum atomic E-state index is -5.55. The van der Waals surface area contributed by atoms with Crippen molar-refractivity contribution in [3.05, 3.63) is 29.8 Å². The van der Waals surface area contributed by atoms with Crippen molar-refractivity contribution in [1.82, 2.24) is 5.32 Å². The molecule has 5 nitrogen and oxygen atoms in total. The number of thioether (sulfide) groups is 1. The highest BCUT2D eigenvalue weighted by Crippen LogP contribution is 2.46. The van der Waals surface area contributed by atoms with Crippen LogP contribution < -0.4 is 10.6 Å². The van der Waals surface area contributed by atoms with Gasteiger partial charge in [0.2, 0.25) is 0 Å². The van der Waals surface area contributed by atoms with E-state index in [0.29, 0.717) is 6.07 Å². The number of amidine groups is 1. The van der Waals surface area contributed by atoms with Crippen molar-refractivity contribution in [1.29, 1.82) is 0 Å². The van der Waals surface area contributed by atoms with Gasteiger partial charge in [-0.1, -0.05) is 6.07 Å². The molecule has 1 aromatic carbocycles. The van der Waals surface area contributed by atoms with Crippen LogP contribution in [-0.2, 0) is 11.0 Å². The maximum atomic E-state index is 13.6. The maximum Gasteiger partial charge on any atom is 0.442 e. The molecule has 13 heteroatoms. The number of hydrogen-bond acceptors (Lipinski definition) is 3. The number of alkyl halides is 7. The third-order valence-corrected chi connectivity index (χ3v) is 3.84. The molecule has 1 heterocycles. The van der Waals surface area contributed by atoms with Gasteiger partial charge in [-0.25, -0.2) is 9.18 Å². The third-order valence-electron chi connectivity index (χ3n) is 2.76. The lowest BCUT2D eigenvalue weighted by Gasteiger charge is -2.17. The Morgan fingerprint density at radius 1 is 1.20 bits per heavy atom. The summed E-state index contributed by atoms with van der Waals surface area (Å²) in [6.45, 7) is 0. The highest BCUT2D eigenvalue weighted by atomic mass is 32.2. The molecule has 1 aliphatic heterocycles. The second kappa shape index (κ2) is 6.20. The Kier molecular flexibility index (Phi) is 4.72. The molecule has 1 saturated heterocycles. The molecule has 3 amide bonds. The van der Waals surface area contributed by atoms with Crippen LogP contribution in [0.15, 0.2) is 29.3 Å². The molecule has 0 radical (unpaired) electrons. The molecule has 2 rings (SSSR count). The molecule has 25 heavy (non-hydrogen) atoms. The number of carbonyl (C=O) groups is 2. The number of rotatable bonds is 1. The first-order chi connectivity index (χ1) is 11.3. The molecule has 1 atom stereocenters. The van der Waals surface area contributed by atoms with Gasteiger partial charge in [0.25, 0.3) is 5.91 Å². The predicted octanol–water partition coefficient (Wildman–Crippen LogP) is 3.68. The Balaban J connectivity index is 2.14. The van der Waals surface area contributed by atoms with E-state index in [-0.39, 0.29) is 5.69 Å². The van der Waals surface area contributed by atoms with Gasteiger partial charge < -0.3 is 10.6 Å². The average Bonchev–Trinajstić information content (AvgIpc) is 2.73.